The van der Waals surface area contributed by atoms with E-state index in [1.165, 1.54) is 12.8 Å². The van der Waals surface area contributed by atoms with Gasteiger partial charge in [0.25, 0.3) is 0 Å². The zero-order chi connectivity index (χ0) is 16.6. The number of hydrogen-bond donors (Lipinski definition) is 3. The van der Waals surface area contributed by atoms with E-state index in [4.69, 9.17) is 11.6 Å². The first-order valence-corrected chi connectivity index (χ1v) is 8.87. The number of imidazole rings is 1. The highest BCUT2D eigenvalue weighted by atomic mass is 35.5. The van der Waals surface area contributed by atoms with Crippen LogP contribution < -0.4 is 10.6 Å². The number of nitrogens with zero attached hydrogens (tertiary/aromatic N) is 1. The fraction of sp³-hybridized carbons (Fsp3) is 0.444. The van der Waals surface area contributed by atoms with Crippen LogP contribution in [0.15, 0.2) is 30.6 Å². The minimum atomic E-state index is -0.237. The van der Waals surface area contributed by atoms with Crippen molar-refractivity contribution in [1.82, 2.24) is 20.6 Å². The molecule has 1 amide bonds. The molecule has 0 unspecified atom stereocenters. The number of aromatic nitrogens is 2. The minimum Gasteiger partial charge on any atom is -0.351 e. The molecule has 2 aliphatic rings. The number of nitrogens with one attached hydrogen (secondary N) is 3. The van der Waals surface area contributed by atoms with Crippen LogP contribution in [0.1, 0.15) is 42.6 Å². The summed E-state index contributed by atoms with van der Waals surface area (Å²) in [7, 11) is 0. The Labute approximate surface area is 146 Å². The van der Waals surface area contributed by atoms with Crippen molar-refractivity contribution in [2.45, 2.75) is 50.2 Å². The van der Waals surface area contributed by atoms with Crippen molar-refractivity contribution in [1.29, 1.82) is 0 Å². The van der Waals surface area contributed by atoms with Crippen molar-refractivity contribution in [2.24, 2.45) is 0 Å². The Morgan fingerprint density at radius 2 is 2.12 bits per heavy atom. The maximum absolute atomic E-state index is 12.7. The van der Waals surface area contributed by atoms with Gasteiger partial charge in [0.1, 0.15) is 0 Å². The largest absolute Gasteiger partial charge is 0.351 e. The highest BCUT2D eigenvalue weighted by Crippen LogP contribution is 2.41. The molecule has 6 heteroatoms. The summed E-state index contributed by atoms with van der Waals surface area (Å²) in [5, 5.41) is 7.29. The third-order valence-electron chi connectivity index (χ3n) is 5.21. The molecule has 1 fully saturated rings. The first-order valence-electron chi connectivity index (χ1n) is 8.49. The molecule has 0 radical (unpaired) electrons. The monoisotopic (exact) mass is 344 g/mol. The summed E-state index contributed by atoms with van der Waals surface area (Å²) in [6, 6.07) is 7.35. The van der Waals surface area contributed by atoms with Crippen LogP contribution in [0.3, 0.4) is 0 Å². The molecule has 1 spiro atoms. The highest BCUT2D eigenvalue weighted by molar-refractivity contribution is 6.31. The summed E-state index contributed by atoms with van der Waals surface area (Å²) in [5.41, 5.74) is 2.99. The molecule has 24 heavy (non-hydrogen) atoms. The van der Waals surface area contributed by atoms with Crippen LogP contribution in [0.25, 0.3) is 0 Å². The second kappa shape index (κ2) is 6.22. The Hall–Kier alpha value is -1.85. The number of benzene rings is 1. The molecular weight excluding hydrogens is 324 g/mol. The molecule has 4 rings (SSSR count). The Morgan fingerprint density at radius 3 is 2.92 bits per heavy atom. The first kappa shape index (κ1) is 15.7. The van der Waals surface area contributed by atoms with E-state index in [-0.39, 0.29) is 17.5 Å². The van der Waals surface area contributed by atoms with E-state index >= 15 is 0 Å². The molecule has 5 nitrogen and oxygen atoms in total. The summed E-state index contributed by atoms with van der Waals surface area (Å²) in [4.78, 5) is 20.5. The van der Waals surface area contributed by atoms with E-state index in [0.29, 0.717) is 18.0 Å². The standard InChI is InChI=1S/C18H21ClN4O/c19-13-6-2-1-5-12(13)10-20-17(24)15-9-14-16(22-11-21-14)18(23-15)7-3-4-8-18/h1-2,5-6,11,15,23H,3-4,7-10H2,(H,20,24)(H,21,22)/t15-/m0/s1. The number of carbonyl (C=O) groups is 1. The second-order valence-corrected chi connectivity index (χ2v) is 7.14. The van der Waals surface area contributed by atoms with Crippen molar-refractivity contribution < 1.29 is 4.79 Å². The molecule has 0 bridgehead atoms. The van der Waals surface area contributed by atoms with Gasteiger partial charge in [0.05, 0.1) is 23.6 Å². The van der Waals surface area contributed by atoms with Crippen LogP contribution in [0, 0.1) is 0 Å². The Balaban J connectivity index is 1.49. The molecule has 0 saturated heterocycles. The topological polar surface area (TPSA) is 69.8 Å². The van der Waals surface area contributed by atoms with Crippen molar-refractivity contribution in [3.63, 3.8) is 0 Å². The molecule has 2 aromatic rings. The smallest absolute Gasteiger partial charge is 0.237 e. The minimum absolute atomic E-state index is 0.0152. The Bertz CT molecular complexity index is 751. The summed E-state index contributed by atoms with van der Waals surface area (Å²) in [6.45, 7) is 0.444. The van der Waals surface area contributed by atoms with Gasteiger partial charge in [-0.15, -0.1) is 0 Å². The number of hydrogen-bond acceptors (Lipinski definition) is 3. The molecule has 1 saturated carbocycles. The van der Waals surface area contributed by atoms with Crippen LogP contribution in [0.2, 0.25) is 5.02 Å². The average molecular weight is 345 g/mol. The van der Waals surface area contributed by atoms with Crippen molar-refractivity contribution >= 4 is 17.5 Å². The van der Waals surface area contributed by atoms with Crippen LogP contribution in [-0.4, -0.2) is 21.9 Å². The number of rotatable bonds is 3. The maximum atomic E-state index is 12.7. The third kappa shape index (κ3) is 2.72. The van der Waals surface area contributed by atoms with E-state index in [9.17, 15) is 4.79 Å². The second-order valence-electron chi connectivity index (χ2n) is 6.73. The van der Waals surface area contributed by atoms with E-state index in [1.807, 2.05) is 24.3 Å². The predicted octanol–water partition coefficient (Wildman–Crippen LogP) is 2.66. The summed E-state index contributed by atoms with van der Waals surface area (Å²) in [6.07, 6.45) is 6.82. The lowest BCUT2D eigenvalue weighted by atomic mass is 9.84. The zero-order valence-corrected chi connectivity index (χ0v) is 14.2. The van der Waals surface area contributed by atoms with Gasteiger partial charge < -0.3 is 10.3 Å². The fourth-order valence-corrected chi connectivity index (χ4v) is 4.21. The lowest BCUT2D eigenvalue weighted by molar-refractivity contribution is -0.124. The number of aromatic amines is 1. The molecule has 1 aromatic carbocycles. The Kier molecular flexibility index (Phi) is 4.06. The number of amides is 1. The number of H-pyrrole nitrogens is 1. The van der Waals surface area contributed by atoms with Gasteiger partial charge in [-0.25, -0.2) is 4.98 Å². The van der Waals surface area contributed by atoms with Gasteiger partial charge in [0.15, 0.2) is 0 Å². The number of carbonyl (C=O) groups excluding carboxylic acids is 1. The lowest BCUT2D eigenvalue weighted by Crippen LogP contribution is -2.57. The molecule has 126 valence electrons. The number of halogens is 1. The first-order chi connectivity index (χ1) is 11.7. The number of fused-ring (bicyclic) bond motifs is 2. The van der Waals surface area contributed by atoms with E-state index in [1.54, 1.807) is 6.33 Å². The van der Waals surface area contributed by atoms with Gasteiger partial charge >= 0.3 is 0 Å². The Morgan fingerprint density at radius 1 is 1.33 bits per heavy atom. The molecular formula is C18H21ClN4O. The molecule has 1 aliphatic carbocycles. The maximum Gasteiger partial charge on any atom is 0.237 e. The molecule has 3 N–H and O–H groups in total. The van der Waals surface area contributed by atoms with Gasteiger partial charge in [0, 0.05) is 23.7 Å². The SMILES string of the molecule is O=C(NCc1ccccc1Cl)[C@@H]1Cc2[nH]cnc2C2(CCCC2)N1. The predicted molar refractivity (Wildman–Crippen MR) is 92.7 cm³/mol. The molecule has 1 aliphatic heterocycles. The molecule has 1 aromatic heterocycles. The highest BCUT2D eigenvalue weighted by Gasteiger charge is 2.45. The fourth-order valence-electron chi connectivity index (χ4n) is 4.01. The molecule has 2 heterocycles. The van der Waals surface area contributed by atoms with Crippen molar-refractivity contribution in [2.75, 3.05) is 0 Å². The van der Waals surface area contributed by atoms with Crippen LogP contribution in [-0.2, 0) is 23.3 Å². The van der Waals surface area contributed by atoms with Gasteiger partial charge in [-0.3, -0.25) is 10.1 Å². The summed E-state index contributed by atoms with van der Waals surface area (Å²) >= 11 is 6.16. The zero-order valence-electron chi connectivity index (χ0n) is 13.4. The van der Waals surface area contributed by atoms with E-state index in [2.05, 4.69) is 20.6 Å². The molecule has 1 atom stereocenters. The van der Waals surface area contributed by atoms with Crippen LogP contribution in [0.4, 0.5) is 0 Å². The van der Waals surface area contributed by atoms with Gasteiger partial charge in [-0.05, 0) is 24.5 Å². The van der Waals surface area contributed by atoms with Crippen LogP contribution >= 0.6 is 11.6 Å². The summed E-state index contributed by atoms with van der Waals surface area (Å²) < 4.78 is 0. The van der Waals surface area contributed by atoms with Gasteiger partial charge in [-0.2, -0.15) is 0 Å². The van der Waals surface area contributed by atoms with Crippen LogP contribution in [0.5, 0.6) is 0 Å². The normalized spacial score (nSPS) is 21.6. The average Bonchev–Trinajstić information content (AvgIpc) is 3.24. The van der Waals surface area contributed by atoms with Crippen molar-refractivity contribution in [3.8, 4) is 0 Å². The van der Waals surface area contributed by atoms with E-state index < -0.39 is 0 Å². The summed E-state index contributed by atoms with van der Waals surface area (Å²) in [5.74, 6) is 0.0152. The van der Waals surface area contributed by atoms with E-state index in [0.717, 1.165) is 29.8 Å². The third-order valence-corrected chi connectivity index (χ3v) is 5.58. The van der Waals surface area contributed by atoms with Gasteiger partial charge in [-0.1, -0.05) is 42.6 Å². The lowest BCUT2D eigenvalue weighted by Gasteiger charge is -2.38. The van der Waals surface area contributed by atoms with Crippen molar-refractivity contribution in [3.05, 3.63) is 52.6 Å². The van der Waals surface area contributed by atoms with Gasteiger partial charge in [0.2, 0.25) is 5.91 Å². The quantitative estimate of drug-likeness (QED) is 0.801.